The molecule has 0 spiro atoms. The molecule has 3 heteroatoms. The van der Waals surface area contributed by atoms with E-state index in [9.17, 15) is 4.79 Å². The molecule has 2 rings (SSSR count). The van der Waals surface area contributed by atoms with Crippen molar-refractivity contribution in [2.24, 2.45) is 0 Å². The third kappa shape index (κ3) is 2.28. The van der Waals surface area contributed by atoms with E-state index in [1.165, 1.54) is 0 Å². The van der Waals surface area contributed by atoms with E-state index in [0.29, 0.717) is 6.41 Å². The summed E-state index contributed by atoms with van der Waals surface area (Å²) in [6.07, 6.45) is 4.06. The molecule has 0 atom stereocenters. The van der Waals surface area contributed by atoms with Crippen LogP contribution in [0.5, 0.6) is 5.75 Å². The molecule has 0 fully saturated rings. The van der Waals surface area contributed by atoms with Gasteiger partial charge in [-0.2, -0.15) is 0 Å². The fourth-order valence-corrected chi connectivity index (χ4v) is 1.80. The Morgan fingerprint density at radius 2 is 2.00 bits per heavy atom. The van der Waals surface area contributed by atoms with E-state index in [1.54, 1.807) is 13.3 Å². The zero-order valence-corrected chi connectivity index (χ0v) is 9.51. The summed E-state index contributed by atoms with van der Waals surface area (Å²) >= 11 is 0. The maximum atomic E-state index is 10.2. The minimum Gasteiger partial charge on any atom is -0.496 e. The predicted molar refractivity (Wildman–Crippen MR) is 68.7 cm³/mol. The quantitative estimate of drug-likeness (QED) is 0.815. The molecule has 0 heterocycles. The molecule has 0 aliphatic carbocycles. The van der Waals surface area contributed by atoms with Crippen molar-refractivity contribution in [3.63, 3.8) is 0 Å². The Labute approximate surface area is 99.7 Å². The molecule has 3 nitrogen and oxygen atoms in total. The summed E-state index contributed by atoms with van der Waals surface area (Å²) in [4.78, 5) is 10.2. The lowest BCUT2D eigenvalue weighted by Crippen LogP contribution is -1.98. The van der Waals surface area contributed by atoms with E-state index in [2.05, 4.69) is 5.32 Å². The molecule has 0 saturated carbocycles. The summed E-state index contributed by atoms with van der Waals surface area (Å²) in [5, 5.41) is 4.73. The van der Waals surface area contributed by atoms with Crippen LogP contribution in [0.25, 0.3) is 16.8 Å². The minimum absolute atomic E-state index is 0.633. The molecule has 2 aromatic rings. The number of fused-ring (bicyclic) bond motifs is 1. The fourth-order valence-electron chi connectivity index (χ4n) is 1.80. The van der Waals surface area contributed by atoms with Gasteiger partial charge in [0, 0.05) is 11.8 Å². The number of amides is 1. The number of nitrogens with one attached hydrogen (secondary N) is 1. The third-order valence-corrected chi connectivity index (χ3v) is 2.56. The average molecular weight is 227 g/mol. The highest BCUT2D eigenvalue weighted by atomic mass is 16.5. The number of carbonyl (C=O) groups excluding carboxylic acids is 1. The Bertz CT molecular complexity index is 561. The van der Waals surface area contributed by atoms with Gasteiger partial charge in [-0.25, -0.2) is 0 Å². The first kappa shape index (κ1) is 11.2. The second-order valence-electron chi connectivity index (χ2n) is 3.52. The van der Waals surface area contributed by atoms with E-state index < -0.39 is 0 Å². The van der Waals surface area contributed by atoms with Gasteiger partial charge < -0.3 is 10.1 Å². The van der Waals surface area contributed by atoms with Gasteiger partial charge in [-0.3, -0.25) is 4.79 Å². The van der Waals surface area contributed by atoms with Crippen LogP contribution in [0.1, 0.15) is 5.56 Å². The summed E-state index contributed by atoms with van der Waals surface area (Å²) in [6.45, 7) is 0. The zero-order chi connectivity index (χ0) is 12.1. The Hall–Kier alpha value is -2.29. The summed E-state index contributed by atoms with van der Waals surface area (Å²) in [5.41, 5.74) is 0.958. The Balaban J connectivity index is 2.58. The normalized spacial score (nSPS) is 10.6. The first-order valence-electron chi connectivity index (χ1n) is 5.29. The first-order chi connectivity index (χ1) is 8.36. The number of rotatable bonds is 4. The molecular weight excluding hydrogens is 214 g/mol. The van der Waals surface area contributed by atoms with E-state index >= 15 is 0 Å². The molecule has 0 radical (unpaired) electrons. The Morgan fingerprint density at radius 1 is 1.18 bits per heavy atom. The molecule has 0 bridgehead atoms. The topological polar surface area (TPSA) is 38.3 Å². The molecule has 86 valence electrons. The van der Waals surface area contributed by atoms with Crippen LogP contribution in [0.2, 0.25) is 0 Å². The first-order valence-corrected chi connectivity index (χ1v) is 5.29. The Kier molecular flexibility index (Phi) is 3.40. The molecule has 0 aliphatic heterocycles. The van der Waals surface area contributed by atoms with Gasteiger partial charge >= 0.3 is 0 Å². The second-order valence-corrected chi connectivity index (χ2v) is 3.52. The second kappa shape index (κ2) is 5.16. The van der Waals surface area contributed by atoms with E-state index in [0.717, 1.165) is 22.1 Å². The molecule has 0 aromatic heterocycles. The standard InChI is InChI=1S/C14H13NO2/c1-17-14-7-6-11-4-2-3-5-12(11)13(14)8-9-15-10-16/h2-10H,1H3,(H,15,16). The van der Waals surface area contributed by atoms with Crippen molar-refractivity contribution in [3.8, 4) is 5.75 Å². The lowest BCUT2D eigenvalue weighted by Gasteiger charge is -2.08. The van der Waals surface area contributed by atoms with Crippen LogP contribution in [-0.4, -0.2) is 13.5 Å². The van der Waals surface area contributed by atoms with Crippen molar-refractivity contribution >= 4 is 23.3 Å². The predicted octanol–water partition coefficient (Wildman–Crippen LogP) is 2.57. The number of hydrogen-bond donors (Lipinski definition) is 1. The maximum Gasteiger partial charge on any atom is 0.211 e. The minimum atomic E-state index is 0.633. The van der Waals surface area contributed by atoms with Gasteiger partial charge in [0.2, 0.25) is 6.41 Å². The van der Waals surface area contributed by atoms with Gasteiger partial charge in [-0.05, 0) is 22.9 Å². The van der Waals surface area contributed by atoms with Crippen LogP contribution in [0.3, 0.4) is 0 Å². The number of hydrogen-bond acceptors (Lipinski definition) is 2. The van der Waals surface area contributed by atoms with Gasteiger partial charge in [0.25, 0.3) is 0 Å². The molecule has 1 N–H and O–H groups in total. The highest BCUT2D eigenvalue weighted by molar-refractivity contribution is 5.93. The van der Waals surface area contributed by atoms with Crippen molar-refractivity contribution in [2.45, 2.75) is 0 Å². The largest absolute Gasteiger partial charge is 0.496 e. The van der Waals surface area contributed by atoms with Crippen LogP contribution in [0.15, 0.2) is 42.6 Å². The molecule has 0 saturated heterocycles. The highest BCUT2D eigenvalue weighted by Gasteiger charge is 2.04. The van der Waals surface area contributed by atoms with Gasteiger partial charge in [-0.1, -0.05) is 30.3 Å². The van der Waals surface area contributed by atoms with Crippen LogP contribution >= 0.6 is 0 Å². The summed E-state index contributed by atoms with van der Waals surface area (Å²) in [5.74, 6) is 0.785. The number of benzene rings is 2. The van der Waals surface area contributed by atoms with Crippen molar-refractivity contribution in [2.75, 3.05) is 7.11 Å². The van der Waals surface area contributed by atoms with E-state index in [4.69, 9.17) is 4.74 Å². The SMILES string of the molecule is COc1ccc2ccccc2c1C=CNC=O. The third-order valence-electron chi connectivity index (χ3n) is 2.56. The van der Waals surface area contributed by atoms with Gasteiger partial charge in [0.15, 0.2) is 0 Å². The lowest BCUT2D eigenvalue weighted by atomic mass is 10.0. The fraction of sp³-hybridized carbons (Fsp3) is 0.0714. The molecule has 17 heavy (non-hydrogen) atoms. The monoisotopic (exact) mass is 227 g/mol. The summed E-state index contributed by atoms with van der Waals surface area (Å²) in [6, 6.07) is 12.0. The van der Waals surface area contributed by atoms with E-state index in [1.807, 2.05) is 42.5 Å². The number of carbonyl (C=O) groups is 1. The number of ether oxygens (including phenoxy) is 1. The van der Waals surface area contributed by atoms with Crippen LogP contribution in [0, 0.1) is 0 Å². The number of methoxy groups -OCH3 is 1. The molecule has 2 aromatic carbocycles. The van der Waals surface area contributed by atoms with Crippen molar-refractivity contribution < 1.29 is 9.53 Å². The molecular formula is C14H13NO2. The Morgan fingerprint density at radius 3 is 2.76 bits per heavy atom. The molecule has 1 amide bonds. The smallest absolute Gasteiger partial charge is 0.211 e. The van der Waals surface area contributed by atoms with Crippen molar-refractivity contribution in [1.82, 2.24) is 5.32 Å². The van der Waals surface area contributed by atoms with E-state index in [-0.39, 0.29) is 0 Å². The summed E-state index contributed by atoms with van der Waals surface area (Å²) < 4.78 is 5.32. The maximum absolute atomic E-state index is 10.2. The van der Waals surface area contributed by atoms with Crippen molar-refractivity contribution in [3.05, 3.63) is 48.2 Å². The van der Waals surface area contributed by atoms with Gasteiger partial charge in [0.1, 0.15) is 5.75 Å². The molecule has 0 aliphatic rings. The summed E-state index contributed by atoms with van der Waals surface area (Å²) in [7, 11) is 1.63. The van der Waals surface area contributed by atoms with Crippen LogP contribution < -0.4 is 10.1 Å². The van der Waals surface area contributed by atoms with Gasteiger partial charge in [-0.15, -0.1) is 0 Å². The van der Waals surface area contributed by atoms with Crippen LogP contribution in [-0.2, 0) is 4.79 Å². The zero-order valence-electron chi connectivity index (χ0n) is 9.51. The van der Waals surface area contributed by atoms with Crippen molar-refractivity contribution in [1.29, 1.82) is 0 Å². The highest BCUT2D eigenvalue weighted by Crippen LogP contribution is 2.28. The molecule has 0 unspecified atom stereocenters. The lowest BCUT2D eigenvalue weighted by molar-refractivity contribution is -0.108. The van der Waals surface area contributed by atoms with Crippen LogP contribution in [0.4, 0.5) is 0 Å². The van der Waals surface area contributed by atoms with Gasteiger partial charge in [0.05, 0.1) is 7.11 Å². The average Bonchev–Trinajstić information content (AvgIpc) is 2.39.